The number of nitrogens with one attached hydrogen (secondary N) is 1. The van der Waals surface area contributed by atoms with Crippen molar-refractivity contribution < 1.29 is 9.59 Å². The summed E-state index contributed by atoms with van der Waals surface area (Å²) < 4.78 is 0. The van der Waals surface area contributed by atoms with Gasteiger partial charge >= 0.3 is 0 Å². The van der Waals surface area contributed by atoms with Crippen LogP contribution in [-0.2, 0) is 11.3 Å². The number of pyridine rings is 1. The number of aromatic nitrogens is 1. The maximum absolute atomic E-state index is 13.7. The van der Waals surface area contributed by atoms with Gasteiger partial charge in [-0.15, -0.1) is 0 Å². The van der Waals surface area contributed by atoms with Gasteiger partial charge in [0.1, 0.15) is 0 Å². The van der Waals surface area contributed by atoms with Crippen molar-refractivity contribution in [3.05, 3.63) is 59.9 Å². The van der Waals surface area contributed by atoms with Gasteiger partial charge in [-0.1, -0.05) is 50.3 Å². The standard InChI is InChI=1S/C26H34N4O2/c27-22-13-5-7-15-24(22)30(26(32)19-9-2-1-3-10-19)18-21-11-4-6-14-23(21)29-25(31)20-12-8-16-28-17-20/h4,6,8,11-12,14,16-17,19,22,24H,1-3,5,7,9-10,13,15,18,27H2,(H,29,31). The molecule has 2 amide bonds. The molecule has 2 aliphatic carbocycles. The fourth-order valence-corrected chi connectivity index (χ4v) is 5.12. The Labute approximate surface area is 190 Å². The third kappa shape index (κ3) is 5.36. The summed E-state index contributed by atoms with van der Waals surface area (Å²) in [7, 11) is 0. The lowest BCUT2D eigenvalue weighted by Crippen LogP contribution is -2.53. The van der Waals surface area contributed by atoms with E-state index in [2.05, 4.69) is 10.3 Å². The molecule has 2 aliphatic rings. The molecule has 1 heterocycles. The summed E-state index contributed by atoms with van der Waals surface area (Å²) in [5.41, 5.74) is 8.70. The van der Waals surface area contributed by atoms with Crippen molar-refractivity contribution in [2.24, 2.45) is 11.7 Å². The van der Waals surface area contributed by atoms with Crippen LogP contribution in [0.1, 0.15) is 73.7 Å². The maximum Gasteiger partial charge on any atom is 0.257 e. The van der Waals surface area contributed by atoms with Crippen molar-refractivity contribution in [1.82, 2.24) is 9.88 Å². The number of hydrogen-bond acceptors (Lipinski definition) is 4. The molecule has 0 bridgehead atoms. The molecular formula is C26H34N4O2. The summed E-state index contributed by atoms with van der Waals surface area (Å²) in [6, 6.07) is 11.3. The second-order valence-corrected chi connectivity index (χ2v) is 9.17. The molecule has 1 aromatic carbocycles. The molecule has 4 rings (SSSR count). The minimum Gasteiger partial charge on any atom is -0.334 e. The van der Waals surface area contributed by atoms with E-state index < -0.39 is 0 Å². The molecule has 2 aromatic rings. The van der Waals surface area contributed by atoms with Crippen molar-refractivity contribution in [2.45, 2.75) is 76.4 Å². The Morgan fingerprint density at radius 2 is 1.72 bits per heavy atom. The number of para-hydroxylation sites is 1. The molecule has 0 aliphatic heterocycles. The first-order valence-corrected chi connectivity index (χ1v) is 12.0. The van der Waals surface area contributed by atoms with E-state index in [9.17, 15) is 9.59 Å². The number of carbonyl (C=O) groups is 2. The van der Waals surface area contributed by atoms with Crippen molar-refractivity contribution >= 4 is 17.5 Å². The van der Waals surface area contributed by atoms with Crippen molar-refractivity contribution in [1.29, 1.82) is 0 Å². The highest BCUT2D eigenvalue weighted by Crippen LogP contribution is 2.31. The third-order valence-electron chi connectivity index (χ3n) is 6.95. The van der Waals surface area contributed by atoms with Crippen molar-refractivity contribution in [2.75, 3.05) is 5.32 Å². The molecule has 32 heavy (non-hydrogen) atoms. The van der Waals surface area contributed by atoms with Gasteiger partial charge in [-0.25, -0.2) is 0 Å². The highest BCUT2D eigenvalue weighted by atomic mass is 16.2. The van der Waals surface area contributed by atoms with Gasteiger partial charge in [-0.05, 0) is 49.4 Å². The molecule has 6 heteroatoms. The van der Waals surface area contributed by atoms with Crippen LogP contribution in [0, 0.1) is 5.92 Å². The van der Waals surface area contributed by atoms with Crippen LogP contribution in [0.15, 0.2) is 48.8 Å². The molecule has 2 saturated carbocycles. The van der Waals surface area contributed by atoms with Gasteiger partial charge in [0.15, 0.2) is 0 Å². The number of nitrogens with zero attached hydrogens (tertiary/aromatic N) is 2. The van der Waals surface area contributed by atoms with Gasteiger partial charge in [0.05, 0.1) is 5.56 Å². The van der Waals surface area contributed by atoms with E-state index in [0.29, 0.717) is 12.1 Å². The van der Waals surface area contributed by atoms with Gasteiger partial charge in [0, 0.05) is 42.6 Å². The second kappa shape index (κ2) is 10.7. The average Bonchev–Trinajstić information content (AvgIpc) is 2.85. The zero-order valence-corrected chi connectivity index (χ0v) is 18.7. The minimum atomic E-state index is -0.204. The lowest BCUT2D eigenvalue weighted by molar-refractivity contribution is -0.140. The zero-order chi connectivity index (χ0) is 22.3. The Bertz CT molecular complexity index is 911. The fourth-order valence-electron chi connectivity index (χ4n) is 5.12. The van der Waals surface area contributed by atoms with Gasteiger partial charge in [0.25, 0.3) is 5.91 Å². The first-order chi connectivity index (χ1) is 15.6. The fraction of sp³-hybridized carbons (Fsp3) is 0.500. The lowest BCUT2D eigenvalue weighted by Gasteiger charge is -2.41. The van der Waals surface area contributed by atoms with E-state index in [1.54, 1.807) is 24.5 Å². The summed E-state index contributed by atoms with van der Waals surface area (Å²) in [6.45, 7) is 0.469. The molecule has 2 atom stereocenters. The number of carbonyl (C=O) groups excluding carboxylic acids is 2. The van der Waals surface area contributed by atoms with Crippen molar-refractivity contribution in [3.8, 4) is 0 Å². The number of anilines is 1. The second-order valence-electron chi connectivity index (χ2n) is 9.17. The molecule has 2 unspecified atom stereocenters. The summed E-state index contributed by atoms with van der Waals surface area (Å²) in [5.74, 6) is 0.125. The Kier molecular flexibility index (Phi) is 7.53. The number of amides is 2. The van der Waals surface area contributed by atoms with Crippen LogP contribution in [0.4, 0.5) is 5.69 Å². The summed E-state index contributed by atoms with van der Waals surface area (Å²) in [4.78, 5) is 32.5. The Morgan fingerprint density at radius 1 is 0.969 bits per heavy atom. The monoisotopic (exact) mass is 434 g/mol. The third-order valence-corrected chi connectivity index (χ3v) is 6.95. The number of hydrogen-bond donors (Lipinski definition) is 2. The highest BCUT2D eigenvalue weighted by Gasteiger charge is 2.35. The normalized spacial score (nSPS) is 21.7. The topological polar surface area (TPSA) is 88.3 Å². The molecule has 3 N–H and O–H groups in total. The predicted octanol–water partition coefficient (Wildman–Crippen LogP) is 4.51. The molecule has 2 fully saturated rings. The maximum atomic E-state index is 13.7. The zero-order valence-electron chi connectivity index (χ0n) is 18.7. The average molecular weight is 435 g/mol. The van der Waals surface area contributed by atoms with Crippen LogP contribution in [0.2, 0.25) is 0 Å². The Balaban J connectivity index is 1.57. The molecule has 170 valence electrons. The molecule has 0 saturated heterocycles. The van der Waals surface area contributed by atoms with Crippen molar-refractivity contribution in [3.63, 3.8) is 0 Å². The Hall–Kier alpha value is -2.73. The van der Waals surface area contributed by atoms with Gasteiger partial charge in [-0.2, -0.15) is 0 Å². The Morgan fingerprint density at radius 3 is 2.47 bits per heavy atom. The quantitative estimate of drug-likeness (QED) is 0.700. The van der Waals surface area contributed by atoms with E-state index in [1.165, 1.54) is 6.42 Å². The molecule has 0 spiro atoms. The highest BCUT2D eigenvalue weighted by molar-refractivity contribution is 6.04. The van der Waals surface area contributed by atoms with E-state index in [1.807, 2.05) is 29.2 Å². The summed E-state index contributed by atoms with van der Waals surface area (Å²) >= 11 is 0. The van der Waals surface area contributed by atoms with Crippen LogP contribution in [0.25, 0.3) is 0 Å². The van der Waals surface area contributed by atoms with Crippen LogP contribution in [0.3, 0.4) is 0 Å². The first kappa shape index (κ1) is 22.5. The molecule has 0 radical (unpaired) electrons. The molecule has 1 aromatic heterocycles. The van der Waals surface area contributed by atoms with Gasteiger partial charge in [0.2, 0.25) is 5.91 Å². The molecule has 6 nitrogen and oxygen atoms in total. The van der Waals surface area contributed by atoms with E-state index >= 15 is 0 Å². The van der Waals surface area contributed by atoms with Crippen LogP contribution in [-0.4, -0.2) is 33.8 Å². The largest absolute Gasteiger partial charge is 0.334 e. The number of nitrogens with two attached hydrogens (primary N) is 1. The van der Waals surface area contributed by atoms with Gasteiger partial charge < -0.3 is 16.0 Å². The van der Waals surface area contributed by atoms with E-state index in [-0.39, 0.29) is 29.8 Å². The van der Waals surface area contributed by atoms with Crippen LogP contribution >= 0.6 is 0 Å². The number of rotatable bonds is 6. The first-order valence-electron chi connectivity index (χ1n) is 12.0. The van der Waals surface area contributed by atoms with Crippen LogP contribution in [0.5, 0.6) is 0 Å². The van der Waals surface area contributed by atoms with E-state index in [0.717, 1.165) is 62.6 Å². The van der Waals surface area contributed by atoms with E-state index in [4.69, 9.17) is 5.73 Å². The summed E-state index contributed by atoms with van der Waals surface area (Å²) in [6.07, 6.45) is 12.7. The predicted molar refractivity (Wildman–Crippen MR) is 126 cm³/mol. The smallest absolute Gasteiger partial charge is 0.257 e. The SMILES string of the molecule is NC1CCCCC1N(Cc1ccccc1NC(=O)c1cccnc1)C(=O)C1CCCCC1. The number of benzene rings is 1. The molecular weight excluding hydrogens is 400 g/mol. The lowest BCUT2D eigenvalue weighted by atomic mass is 9.85. The minimum absolute atomic E-state index is 0.00781. The summed E-state index contributed by atoms with van der Waals surface area (Å²) in [5, 5.41) is 3.02. The van der Waals surface area contributed by atoms with Crippen LogP contribution < -0.4 is 11.1 Å². The van der Waals surface area contributed by atoms with Gasteiger partial charge in [-0.3, -0.25) is 14.6 Å².